The minimum atomic E-state index is 0.173. The van der Waals surface area contributed by atoms with Crippen molar-refractivity contribution in [1.29, 1.82) is 0 Å². The van der Waals surface area contributed by atoms with Gasteiger partial charge < -0.3 is 0 Å². The van der Waals surface area contributed by atoms with Crippen LogP contribution in [0.5, 0.6) is 0 Å². The van der Waals surface area contributed by atoms with Gasteiger partial charge in [0.1, 0.15) is 0 Å². The summed E-state index contributed by atoms with van der Waals surface area (Å²) in [5.74, 6) is 1.93. The second kappa shape index (κ2) is 15.2. The smallest absolute Gasteiger partial charge is 0.164 e. The topological polar surface area (TPSA) is 38.7 Å². The van der Waals surface area contributed by atoms with Gasteiger partial charge in [0.15, 0.2) is 17.5 Å². The minimum Gasteiger partial charge on any atom is -0.208 e. The standard InChI is InChI=1S/C57H43N3/c1-4-16-39(17-5-1)41-20-14-26-48(36-41)55-58-54(40-18-6-2-7-19-40)59-56(60-55)49-27-15-25-46(37-49)44-23-12-21-42(34-44)43-22-13-24-45(35-43)47-30-31-53-51(38-47)50-28-8-9-29-52(50)57(53)32-10-3-11-33-57/h1-2,4-9,12-31,34-38H,3,10-11,32-33H2. The highest BCUT2D eigenvalue weighted by Gasteiger charge is 2.43. The molecule has 1 fully saturated rings. The fourth-order valence-corrected chi connectivity index (χ4v) is 9.75. The van der Waals surface area contributed by atoms with E-state index in [1.807, 2.05) is 24.3 Å². The third-order valence-corrected chi connectivity index (χ3v) is 12.7. The Bertz CT molecular complexity index is 3020. The van der Waals surface area contributed by atoms with Gasteiger partial charge in [0.05, 0.1) is 0 Å². The lowest BCUT2D eigenvalue weighted by Gasteiger charge is -2.36. The molecule has 2 aliphatic rings. The van der Waals surface area contributed by atoms with Crippen molar-refractivity contribution in [3.63, 3.8) is 0 Å². The molecule has 60 heavy (non-hydrogen) atoms. The van der Waals surface area contributed by atoms with Crippen molar-refractivity contribution in [2.75, 3.05) is 0 Å². The second-order valence-electron chi connectivity index (χ2n) is 16.3. The van der Waals surface area contributed by atoms with Crippen molar-refractivity contribution < 1.29 is 0 Å². The zero-order chi connectivity index (χ0) is 39.9. The van der Waals surface area contributed by atoms with Crippen LogP contribution in [0.2, 0.25) is 0 Å². The maximum Gasteiger partial charge on any atom is 0.164 e. The summed E-state index contributed by atoms with van der Waals surface area (Å²) in [6.45, 7) is 0. The second-order valence-corrected chi connectivity index (χ2v) is 16.3. The maximum absolute atomic E-state index is 5.11. The Hall–Kier alpha value is -7.23. The van der Waals surface area contributed by atoms with Crippen molar-refractivity contribution >= 4 is 0 Å². The largest absolute Gasteiger partial charge is 0.208 e. The van der Waals surface area contributed by atoms with Gasteiger partial charge in [-0.25, -0.2) is 15.0 Å². The predicted octanol–water partition coefficient (Wildman–Crippen LogP) is 14.8. The molecule has 0 atom stereocenters. The van der Waals surface area contributed by atoms with E-state index in [-0.39, 0.29) is 5.41 Å². The fourth-order valence-electron chi connectivity index (χ4n) is 9.75. The van der Waals surface area contributed by atoms with Crippen LogP contribution in [0, 0.1) is 0 Å². The van der Waals surface area contributed by atoms with Crippen LogP contribution in [0.4, 0.5) is 0 Å². The Morgan fingerprint density at radius 1 is 0.267 bits per heavy atom. The highest BCUT2D eigenvalue weighted by Crippen LogP contribution is 2.56. The van der Waals surface area contributed by atoms with Gasteiger partial charge in [0.2, 0.25) is 0 Å². The molecule has 1 aromatic heterocycles. The molecular weight excluding hydrogens is 727 g/mol. The summed E-state index contributed by atoms with van der Waals surface area (Å²) in [5.41, 5.74) is 18.3. The van der Waals surface area contributed by atoms with Gasteiger partial charge >= 0.3 is 0 Å². The third kappa shape index (κ3) is 6.53. The van der Waals surface area contributed by atoms with Crippen LogP contribution in [-0.4, -0.2) is 15.0 Å². The molecule has 0 aliphatic heterocycles. The molecule has 1 spiro atoms. The van der Waals surface area contributed by atoms with E-state index in [1.54, 1.807) is 0 Å². The molecule has 8 aromatic carbocycles. The average Bonchev–Trinajstić information content (AvgIpc) is 3.60. The van der Waals surface area contributed by atoms with E-state index >= 15 is 0 Å². The minimum absolute atomic E-state index is 0.173. The highest BCUT2D eigenvalue weighted by molar-refractivity contribution is 5.86. The molecule has 1 saturated carbocycles. The van der Waals surface area contributed by atoms with Crippen LogP contribution < -0.4 is 0 Å². The van der Waals surface area contributed by atoms with Crippen LogP contribution in [0.15, 0.2) is 200 Å². The van der Waals surface area contributed by atoms with E-state index in [2.05, 4.69) is 176 Å². The van der Waals surface area contributed by atoms with Crippen LogP contribution in [0.1, 0.15) is 43.2 Å². The van der Waals surface area contributed by atoms with Crippen molar-refractivity contribution in [2.24, 2.45) is 0 Å². The number of hydrogen-bond donors (Lipinski definition) is 0. The number of benzene rings is 8. The monoisotopic (exact) mass is 769 g/mol. The Balaban J connectivity index is 0.932. The Labute approximate surface area is 352 Å². The number of hydrogen-bond acceptors (Lipinski definition) is 3. The molecular formula is C57H43N3. The fraction of sp³-hybridized carbons (Fsp3) is 0.105. The first-order valence-corrected chi connectivity index (χ1v) is 21.2. The number of rotatable bonds is 7. The lowest BCUT2D eigenvalue weighted by Crippen LogP contribution is -2.27. The van der Waals surface area contributed by atoms with Crippen molar-refractivity contribution in [1.82, 2.24) is 15.0 Å². The van der Waals surface area contributed by atoms with Crippen molar-refractivity contribution in [3.05, 3.63) is 211 Å². The van der Waals surface area contributed by atoms with Crippen LogP contribution in [-0.2, 0) is 5.41 Å². The maximum atomic E-state index is 5.11. The SMILES string of the molecule is c1ccc(-c2cccc(-c3nc(-c4ccccc4)nc(-c4cccc(-c5cccc(-c6cccc(-c7ccc8c(c7)-c7ccccc7C87CCCCC7)c6)c5)c4)n3)c2)cc1. The van der Waals surface area contributed by atoms with E-state index < -0.39 is 0 Å². The summed E-state index contributed by atoms with van der Waals surface area (Å²) < 4.78 is 0. The molecule has 2 aliphatic carbocycles. The summed E-state index contributed by atoms with van der Waals surface area (Å²) in [6.07, 6.45) is 6.45. The Morgan fingerprint density at radius 2 is 0.650 bits per heavy atom. The first kappa shape index (κ1) is 35.9. The average molecular weight is 770 g/mol. The van der Waals surface area contributed by atoms with Gasteiger partial charge in [0.25, 0.3) is 0 Å². The first-order chi connectivity index (χ1) is 29.7. The van der Waals surface area contributed by atoms with Gasteiger partial charge in [-0.2, -0.15) is 0 Å². The van der Waals surface area contributed by atoms with Crippen LogP contribution in [0.25, 0.3) is 89.8 Å². The summed E-state index contributed by atoms with van der Waals surface area (Å²) in [4.78, 5) is 15.2. The first-order valence-electron chi connectivity index (χ1n) is 21.2. The lowest BCUT2D eigenvalue weighted by molar-refractivity contribution is 0.353. The Kier molecular flexibility index (Phi) is 9.08. The quantitative estimate of drug-likeness (QED) is 0.162. The molecule has 3 heteroatoms. The van der Waals surface area contributed by atoms with Gasteiger partial charge in [0, 0.05) is 22.1 Å². The number of nitrogens with zero attached hydrogens (tertiary/aromatic N) is 3. The molecule has 0 saturated heterocycles. The van der Waals surface area contributed by atoms with Crippen LogP contribution >= 0.6 is 0 Å². The van der Waals surface area contributed by atoms with E-state index in [9.17, 15) is 0 Å². The van der Waals surface area contributed by atoms with Gasteiger partial charge in [-0.05, 0) is 110 Å². The van der Waals surface area contributed by atoms with E-state index in [4.69, 9.17) is 15.0 Å². The molecule has 0 bridgehead atoms. The van der Waals surface area contributed by atoms with E-state index in [0.717, 1.165) is 38.9 Å². The van der Waals surface area contributed by atoms with Crippen molar-refractivity contribution in [3.8, 4) is 89.8 Å². The Morgan fingerprint density at radius 3 is 1.20 bits per heavy atom. The predicted molar refractivity (Wildman–Crippen MR) is 247 cm³/mol. The molecule has 11 rings (SSSR count). The molecule has 9 aromatic rings. The molecule has 0 N–H and O–H groups in total. The van der Waals surface area contributed by atoms with Gasteiger partial charge in [-0.3, -0.25) is 0 Å². The van der Waals surface area contributed by atoms with Gasteiger partial charge in [-0.1, -0.05) is 189 Å². The molecule has 3 nitrogen and oxygen atoms in total. The molecule has 286 valence electrons. The zero-order valence-electron chi connectivity index (χ0n) is 33.4. The molecule has 0 unspecified atom stereocenters. The summed E-state index contributed by atoms with van der Waals surface area (Å²) in [7, 11) is 0. The third-order valence-electron chi connectivity index (χ3n) is 12.7. The van der Waals surface area contributed by atoms with Crippen molar-refractivity contribution in [2.45, 2.75) is 37.5 Å². The highest BCUT2D eigenvalue weighted by atomic mass is 15.0. The normalized spacial score (nSPS) is 13.8. The van der Waals surface area contributed by atoms with Gasteiger partial charge in [-0.15, -0.1) is 0 Å². The molecule has 0 radical (unpaired) electrons. The number of fused-ring (bicyclic) bond motifs is 5. The van der Waals surface area contributed by atoms with E-state index in [0.29, 0.717) is 17.5 Å². The van der Waals surface area contributed by atoms with E-state index in [1.165, 1.54) is 76.6 Å². The number of aromatic nitrogens is 3. The molecule has 0 amide bonds. The lowest BCUT2D eigenvalue weighted by atomic mass is 9.68. The van der Waals surface area contributed by atoms with Crippen LogP contribution in [0.3, 0.4) is 0 Å². The zero-order valence-corrected chi connectivity index (χ0v) is 33.4. The molecule has 1 heterocycles. The summed E-state index contributed by atoms with van der Waals surface area (Å²) >= 11 is 0. The summed E-state index contributed by atoms with van der Waals surface area (Å²) in [6, 6.07) is 71.9. The summed E-state index contributed by atoms with van der Waals surface area (Å²) in [5, 5.41) is 0.